The van der Waals surface area contributed by atoms with Gasteiger partial charge in [0, 0.05) is 0 Å². The number of ether oxygens (including phenoxy) is 4. The van der Waals surface area contributed by atoms with Crippen LogP contribution < -0.4 is 0 Å². The zero-order valence-electron chi connectivity index (χ0n) is 16.7. The second kappa shape index (κ2) is 10.8. The Hall–Kier alpha value is -3.04. The predicted octanol–water partition coefficient (Wildman–Crippen LogP) is 1.72. The molecule has 0 bridgehead atoms. The van der Waals surface area contributed by atoms with E-state index in [1.807, 2.05) is 0 Å². The van der Waals surface area contributed by atoms with Crippen molar-refractivity contribution < 1.29 is 38.7 Å². The Morgan fingerprint density at radius 3 is 2.10 bits per heavy atom. The van der Waals surface area contributed by atoms with Crippen molar-refractivity contribution in [3.05, 3.63) is 84.4 Å². The number of aliphatic hydroxyl groups excluding tert-OH is 2. The molecular weight excluding hydrogens is 404 g/mol. The molecule has 1 heterocycles. The molecule has 1 aliphatic heterocycles. The van der Waals surface area contributed by atoms with Gasteiger partial charge in [0.1, 0.15) is 24.9 Å². The molecule has 0 radical (unpaired) electrons. The summed E-state index contributed by atoms with van der Waals surface area (Å²) in [6.45, 7) is 3.26. The van der Waals surface area contributed by atoms with Crippen LogP contribution in [0.1, 0.15) is 20.7 Å². The van der Waals surface area contributed by atoms with Crippen molar-refractivity contribution in [1.29, 1.82) is 0 Å². The lowest BCUT2D eigenvalue weighted by molar-refractivity contribution is -0.291. The minimum absolute atomic E-state index is 0.0321. The van der Waals surface area contributed by atoms with Crippen LogP contribution in [0.4, 0.5) is 0 Å². The van der Waals surface area contributed by atoms with Crippen LogP contribution in [0.5, 0.6) is 0 Å². The molecule has 3 rings (SSSR count). The maximum absolute atomic E-state index is 12.4. The van der Waals surface area contributed by atoms with Gasteiger partial charge in [0.25, 0.3) is 0 Å². The number of hydrogen-bond donors (Lipinski definition) is 2. The van der Waals surface area contributed by atoms with Crippen LogP contribution in [-0.2, 0) is 18.9 Å². The zero-order valence-corrected chi connectivity index (χ0v) is 16.7. The predicted molar refractivity (Wildman–Crippen MR) is 109 cm³/mol. The molecule has 5 atom stereocenters. The summed E-state index contributed by atoms with van der Waals surface area (Å²) >= 11 is 0. The maximum Gasteiger partial charge on any atom is 0.338 e. The van der Waals surface area contributed by atoms with Crippen LogP contribution in [0.15, 0.2) is 73.3 Å². The van der Waals surface area contributed by atoms with Crippen LogP contribution in [0.2, 0.25) is 0 Å². The number of carbonyl (C=O) groups is 2. The van der Waals surface area contributed by atoms with Gasteiger partial charge in [-0.3, -0.25) is 0 Å². The Morgan fingerprint density at radius 1 is 0.935 bits per heavy atom. The van der Waals surface area contributed by atoms with E-state index in [0.29, 0.717) is 5.56 Å². The fourth-order valence-corrected chi connectivity index (χ4v) is 3.12. The number of carbonyl (C=O) groups excluding carboxylic acids is 2. The first-order chi connectivity index (χ1) is 15.0. The Balaban J connectivity index is 1.68. The largest absolute Gasteiger partial charge is 0.459 e. The second-order valence-electron chi connectivity index (χ2n) is 6.84. The number of esters is 2. The van der Waals surface area contributed by atoms with E-state index in [1.165, 1.54) is 6.08 Å². The van der Waals surface area contributed by atoms with E-state index in [0.717, 1.165) is 0 Å². The third-order valence-corrected chi connectivity index (χ3v) is 4.68. The van der Waals surface area contributed by atoms with Gasteiger partial charge in [0.15, 0.2) is 12.4 Å². The summed E-state index contributed by atoms with van der Waals surface area (Å²) in [6, 6.07) is 16.5. The summed E-state index contributed by atoms with van der Waals surface area (Å²) in [5.74, 6) is -1.31. The van der Waals surface area contributed by atoms with Crippen LogP contribution in [0, 0.1) is 0 Å². The molecule has 0 aliphatic carbocycles. The second-order valence-corrected chi connectivity index (χ2v) is 6.84. The first-order valence-corrected chi connectivity index (χ1v) is 9.73. The van der Waals surface area contributed by atoms with Gasteiger partial charge in [-0.05, 0) is 24.3 Å². The van der Waals surface area contributed by atoms with Gasteiger partial charge in [0.05, 0.1) is 17.7 Å². The molecule has 31 heavy (non-hydrogen) atoms. The zero-order chi connectivity index (χ0) is 22.2. The number of rotatable bonds is 8. The quantitative estimate of drug-likeness (QED) is 0.483. The van der Waals surface area contributed by atoms with Crippen molar-refractivity contribution in [2.24, 2.45) is 0 Å². The lowest BCUT2D eigenvalue weighted by Crippen LogP contribution is -2.61. The van der Waals surface area contributed by atoms with E-state index in [4.69, 9.17) is 18.9 Å². The average Bonchev–Trinajstić information content (AvgIpc) is 2.80. The highest BCUT2D eigenvalue weighted by molar-refractivity contribution is 5.89. The number of benzene rings is 2. The van der Waals surface area contributed by atoms with E-state index in [2.05, 4.69) is 6.58 Å². The SMILES string of the molecule is C=CCO[C@H]1[C@@H](O)[C@@H](COC(=O)c2ccccc2)O[C@H](O)[C@@H]1OC(=O)c1ccccc1. The molecule has 8 nitrogen and oxygen atoms in total. The van der Waals surface area contributed by atoms with Gasteiger partial charge in [-0.15, -0.1) is 6.58 Å². The van der Waals surface area contributed by atoms with Crippen LogP contribution in [-0.4, -0.2) is 66.1 Å². The van der Waals surface area contributed by atoms with Gasteiger partial charge < -0.3 is 29.2 Å². The highest BCUT2D eigenvalue weighted by atomic mass is 16.7. The van der Waals surface area contributed by atoms with Crippen LogP contribution >= 0.6 is 0 Å². The van der Waals surface area contributed by atoms with E-state index in [-0.39, 0.29) is 18.8 Å². The molecule has 1 saturated heterocycles. The average molecular weight is 428 g/mol. The number of hydrogen-bond acceptors (Lipinski definition) is 8. The van der Waals surface area contributed by atoms with Crippen molar-refractivity contribution in [1.82, 2.24) is 0 Å². The molecule has 2 aromatic carbocycles. The molecule has 0 aromatic heterocycles. The summed E-state index contributed by atoms with van der Waals surface area (Å²) < 4.78 is 21.5. The van der Waals surface area contributed by atoms with E-state index in [9.17, 15) is 19.8 Å². The molecule has 164 valence electrons. The van der Waals surface area contributed by atoms with Crippen molar-refractivity contribution in [3.63, 3.8) is 0 Å². The maximum atomic E-state index is 12.4. The van der Waals surface area contributed by atoms with Gasteiger partial charge in [0.2, 0.25) is 0 Å². The molecular formula is C23H24O8. The van der Waals surface area contributed by atoms with Gasteiger partial charge in [-0.25, -0.2) is 9.59 Å². The van der Waals surface area contributed by atoms with E-state index >= 15 is 0 Å². The summed E-state index contributed by atoms with van der Waals surface area (Å²) in [4.78, 5) is 24.6. The third kappa shape index (κ3) is 5.77. The van der Waals surface area contributed by atoms with Crippen molar-refractivity contribution in [2.45, 2.75) is 30.7 Å². The van der Waals surface area contributed by atoms with Gasteiger partial charge >= 0.3 is 11.9 Å². The highest BCUT2D eigenvalue weighted by Crippen LogP contribution is 2.26. The number of aliphatic hydroxyl groups is 2. The summed E-state index contributed by atoms with van der Waals surface area (Å²) in [7, 11) is 0. The molecule has 8 heteroatoms. The summed E-state index contributed by atoms with van der Waals surface area (Å²) in [5, 5.41) is 21.2. The fraction of sp³-hybridized carbons (Fsp3) is 0.304. The Morgan fingerprint density at radius 2 is 1.52 bits per heavy atom. The van der Waals surface area contributed by atoms with Crippen LogP contribution in [0.25, 0.3) is 0 Å². The molecule has 1 aliphatic rings. The van der Waals surface area contributed by atoms with Gasteiger partial charge in [-0.1, -0.05) is 42.5 Å². The Labute approximate surface area is 179 Å². The van der Waals surface area contributed by atoms with Crippen molar-refractivity contribution in [3.8, 4) is 0 Å². The normalized spacial score (nSPS) is 25.4. The standard InChI is InChI=1S/C23H24O8/c1-2-13-28-19-18(24)17(14-29-21(25)15-9-5-3-6-10-15)30-23(27)20(19)31-22(26)16-11-7-4-8-12-16/h2-12,17-20,23-24,27H,1,13-14H2/t17-,18+,19+,20-,23+/m1/s1. The van der Waals surface area contributed by atoms with E-state index in [1.54, 1.807) is 60.7 Å². The highest BCUT2D eigenvalue weighted by Gasteiger charge is 2.48. The first kappa shape index (κ1) is 22.6. The molecule has 2 N–H and O–H groups in total. The topological polar surface area (TPSA) is 112 Å². The third-order valence-electron chi connectivity index (χ3n) is 4.68. The first-order valence-electron chi connectivity index (χ1n) is 9.73. The van der Waals surface area contributed by atoms with Crippen molar-refractivity contribution >= 4 is 11.9 Å². The van der Waals surface area contributed by atoms with Crippen LogP contribution in [0.3, 0.4) is 0 Å². The molecule has 0 spiro atoms. The molecule has 2 aromatic rings. The fourth-order valence-electron chi connectivity index (χ4n) is 3.12. The Kier molecular flexibility index (Phi) is 7.91. The molecule has 0 saturated carbocycles. The molecule has 0 amide bonds. The lowest BCUT2D eigenvalue weighted by atomic mass is 9.98. The Bertz CT molecular complexity index is 870. The smallest absolute Gasteiger partial charge is 0.338 e. The van der Waals surface area contributed by atoms with Gasteiger partial charge in [-0.2, -0.15) is 0 Å². The minimum atomic E-state index is -1.61. The monoisotopic (exact) mass is 428 g/mol. The summed E-state index contributed by atoms with van der Waals surface area (Å²) in [6.07, 6.45) is -5.02. The lowest BCUT2D eigenvalue weighted by Gasteiger charge is -2.41. The minimum Gasteiger partial charge on any atom is -0.459 e. The molecule has 1 fully saturated rings. The summed E-state index contributed by atoms with van der Waals surface area (Å²) in [5.41, 5.74) is 0.605. The molecule has 0 unspecified atom stereocenters. The van der Waals surface area contributed by atoms with E-state index < -0.39 is 42.6 Å². The van der Waals surface area contributed by atoms with Crippen molar-refractivity contribution in [2.75, 3.05) is 13.2 Å².